The molecule has 1 aliphatic rings. The number of amides is 2. The molecular formula is C18H24ClN5O2S. The summed E-state index contributed by atoms with van der Waals surface area (Å²) < 4.78 is 5.89. The first kappa shape index (κ1) is 19.9. The number of ether oxygens (including phenoxy) is 1. The first-order valence-electron chi connectivity index (χ1n) is 9.06. The molecule has 1 aliphatic heterocycles. The van der Waals surface area contributed by atoms with Crippen LogP contribution in [0.3, 0.4) is 0 Å². The van der Waals surface area contributed by atoms with Crippen molar-refractivity contribution in [3.8, 4) is 5.75 Å². The molecule has 0 spiro atoms. The van der Waals surface area contributed by atoms with Gasteiger partial charge < -0.3 is 10.1 Å². The lowest BCUT2D eigenvalue weighted by Gasteiger charge is -2.39. The maximum atomic E-state index is 12.0. The monoisotopic (exact) mass is 409 g/mol. The average Bonchev–Trinajstić information content (AvgIpc) is 3.05. The van der Waals surface area contributed by atoms with Gasteiger partial charge in [0.2, 0.25) is 5.13 Å². The number of hydrogen-bond donors (Lipinski definition) is 2. The van der Waals surface area contributed by atoms with Crippen LogP contribution in [0.1, 0.15) is 25.3 Å². The molecule has 0 unspecified atom stereocenters. The number of hydrogen-bond acceptors (Lipinski definition) is 6. The van der Waals surface area contributed by atoms with E-state index in [1.54, 1.807) is 0 Å². The Morgan fingerprint density at radius 3 is 2.78 bits per heavy atom. The molecule has 27 heavy (non-hydrogen) atoms. The number of benzene rings is 1. The molecule has 1 aromatic heterocycles. The first-order valence-corrected chi connectivity index (χ1v) is 10.3. The lowest BCUT2D eigenvalue weighted by molar-refractivity contribution is 0.0182. The molecule has 2 amide bonds. The van der Waals surface area contributed by atoms with Crippen molar-refractivity contribution in [2.45, 2.75) is 38.8 Å². The van der Waals surface area contributed by atoms with Crippen molar-refractivity contribution in [1.82, 2.24) is 20.4 Å². The standard InChI is InChI=1S/C18H24ClN5O2S/c1-3-16-22-23-18(27-16)21-17(25)20-12(2)8-9-24-10-15(11-24)26-14-6-4-13(19)5-7-14/h4-7,12,15H,3,8-11H2,1-2H3,(H2,20,21,23,25)/t12-/m1/s1. The van der Waals surface area contributed by atoms with Crippen molar-refractivity contribution in [2.24, 2.45) is 0 Å². The van der Waals surface area contributed by atoms with Crippen LogP contribution in [0, 0.1) is 0 Å². The van der Waals surface area contributed by atoms with E-state index in [2.05, 4.69) is 25.7 Å². The molecule has 2 heterocycles. The number of aryl methyl sites for hydroxylation is 1. The van der Waals surface area contributed by atoms with E-state index in [0.29, 0.717) is 10.2 Å². The fraction of sp³-hybridized carbons (Fsp3) is 0.500. The second-order valence-electron chi connectivity index (χ2n) is 6.60. The zero-order chi connectivity index (χ0) is 19.2. The predicted molar refractivity (Wildman–Crippen MR) is 108 cm³/mol. The van der Waals surface area contributed by atoms with Gasteiger partial charge in [0.15, 0.2) is 0 Å². The van der Waals surface area contributed by atoms with Gasteiger partial charge in [-0.3, -0.25) is 10.2 Å². The Kier molecular flexibility index (Phi) is 6.87. The van der Waals surface area contributed by atoms with Gasteiger partial charge in [-0.1, -0.05) is 29.9 Å². The second kappa shape index (κ2) is 9.34. The van der Waals surface area contributed by atoms with Crippen molar-refractivity contribution in [1.29, 1.82) is 0 Å². The Bertz CT molecular complexity index is 748. The highest BCUT2D eigenvalue weighted by Crippen LogP contribution is 2.20. The van der Waals surface area contributed by atoms with Crippen LogP contribution >= 0.6 is 22.9 Å². The van der Waals surface area contributed by atoms with Gasteiger partial charge in [-0.25, -0.2) is 4.79 Å². The van der Waals surface area contributed by atoms with Crippen molar-refractivity contribution in [3.63, 3.8) is 0 Å². The Morgan fingerprint density at radius 2 is 2.11 bits per heavy atom. The molecule has 1 saturated heterocycles. The van der Waals surface area contributed by atoms with E-state index < -0.39 is 0 Å². The maximum absolute atomic E-state index is 12.0. The summed E-state index contributed by atoms with van der Waals surface area (Å²) in [5.41, 5.74) is 0. The van der Waals surface area contributed by atoms with Crippen molar-refractivity contribution >= 4 is 34.1 Å². The van der Waals surface area contributed by atoms with Crippen LogP contribution < -0.4 is 15.4 Å². The highest BCUT2D eigenvalue weighted by molar-refractivity contribution is 7.15. The van der Waals surface area contributed by atoms with E-state index in [1.165, 1.54) is 11.3 Å². The molecule has 1 atom stereocenters. The minimum atomic E-state index is -0.242. The summed E-state index contributed by atoms with van der Waals surface area (Å²) >= 11 is 7.27. The smallest absolute Gasteiger partial charge is 0.321 e. The second-order valence-corrected chi connectivity index (χ2v) is 8.09. The number of carbonyl (C=O) groups excluding carboxylic acids is 1. The normalized spacial score (nSPS) is 15.8. The van der Waals surface area contributed by atoms with Gasteiger partial charge in [0.05, 0.1) is 0 Å². The molecule has 146 valence electrons. The van der Waals surface area contributed by atoms with Crippen LogP contribution in [0.25, 0.3) is 0 Å². The molecule has 0 saturated carbocycles. The summed E-state index contributed by atoms with van der Waals surface area (Å²) in [5.74, 6) is 0.846. The Morgan fingerprint density at radius 1 is 1.37 bits per heavy atom. The average molecular weight is 410 g/mol. The third-order valence-electron chi connectivity index (χ3n) is 4.29. The summed E-state index contributed by atoms with van der Waals surface area (Å²) in [5, 5.41) is 15.7. The van der Waals surface area contributed by atoms with Crippen molar-refractivity contribution < 1.29 is 9.53 Å². The van der Waals surface area contributed by atoms with Crippen molar-refractivity contribution in [3.05, 3.63) is 34.3 Å². The van der Waals surface area contributed by atoms with Crippen LogP contribution in [0.5, 0.6) is 5.75 Å². The van der Waals surface area contributed by atoms with E-state index in [-0.39, 0.29) is 18.2 Å². The number of halogens is 1. The van der Waals surface area contributed by atoms with Crippen LogP contribution in [-0.2, 0) is 6.42 Å². The number of nitrogens with one attached hydrogen (secondary N) is 2. The van der Waals surface area contributed by atoms with E-state index >= 15 is 0 Å². The Labute approximate surface area is 168 Å². The molecule has 7 nitrogen and oxygen atoms in total. The molecule has 2 aromatic rings. The van der Waals surface area contributed by atoms with E-state index in [9.17, 15) is 4.79 Å². The summed E-state index contributed by atoms with van der Waals surface area (Å²) in [6, 6.07) is 7.26. The quantitative estimate of drug-likeness (QED) is 0.698. The zero-order valence-electron chi connectivity index (χ0n) is 15.4. The molecule has 0 bridgehead atoms. The van der Waals surface area contributed by atoms with Gasteiger partial charge in [-0.15, -0.1) is 10.2 Å². The summed E-state index contributed by atoms with van der Waals surface area (Å²) in [7, 11) is 0. The van der Waals surface area contributed by atoms with E-state index in [1.807, 2.05) is 38.1 Å². The Balaban J connectivity index is 1.30. The van der Waals surface area contributed by atoms with Crippen LogP contribution in [0.2, 0.25) is 5.02 Å². The molecular weight excluding hydrogens is 386 g/mol. The number of aromatic nitrogens is 2. The number of nitrogens with zero attached hydrogens (tertiary/aromatic N) is 3. The fourth-order valence-electron chi connectivity index (χ4n) is 2.74. The van der Waals surface area contributed by atoms with Gasteiger partial charge >= 0.3 is 6.03 Å². The summed E-state index contributed by atoms with van der Waals surface area (Å²) in [6.07, 6.45) is 1.90. The number of likely N-dealkylation sites (tertiary alicyclic amines) is 1. The lowest BCUT2D eigenvalue weighted by atomic mass is 10.1. The van der Waals surface area contributed by atoms with Crippen LogP contribution in [-0.4, -0.2) is 52.9 Å². The third kappa shape index (κ3) is 6.05. The van der Waals surface area contributed by atoms with Gasteiger partial charge in [0, 0.05) is 30.7 Å². The number of rotatable bonds is 8. The Hall–Kier alpha value is -1.90. The highest BCUT2D eigenvalue weighted by Gasteiger charge is 2.28. The van der Waals surface area contributed by atoms with Crippen molar-refractivity contribution in [2.75, 3.05) is 25.0 Å². The number of urea groups is 1. The summed E-state index contributed by atoms with van der Waals surface area (Å²) in [4.78, 5) is 14.3. The molecule has 1 fully saturated rings. The molecule has 2 N–H and O–H groups in total. The van der Waals surface area contributed by atoms with Crippen LogP contribution in [0.4, 0.5) is 9.93 Å². The highest BCUT2D eigenvalue weighted by atomic mass is 35.5. The lowest BCUT2D eigenvalue weighted by Crippen LogP contribution is -2.54. The van der Waals surface area contributed by atoms with Crippen LogP contribution in [0.15, 0.2) is 24.3 Å². The van der Waals surface area contributed by atoms with E-state index in [4.69, 9.17) is 16.3 Å². The topological polar surface area (TPSA) is 79.4 Å². The van der Waals surface area contributed by atoms with Gasteiger partial charge in [0.1, 0.15) is 16.9 Å². The molecule has 0 aliphatic carbocycles. The zero-order valence-corrected chi connectivity index (χ0v) is 17.0. The molecule has 1 aromatic carbocycles. The van der Waals surface area contributed by atoms with Gasteiger partial charge in [-0.2, -0.15) is 0 Å². The minimum Gasteiger partial charge on any atom is -0.488 e. The largest absolute Gasteiger partial charge is 0.488 e. The number of anilines is 1. The molecule has 0 radical (unpaired) electrons. The summed E-state index contributed by atoms with van der Waals surface area (Å²) in [6.45, 7) is 6.71. The van der Waals surface area contributed by atoms with Gasteiger partial charge in [-0.05, 0) is 44.0 Å². The molecule has 9 heteroatoms. The fourth-order valence-corrected chi connectivity index (χ4v) is 3.54. The van der Waals surface area contributed by atoms with E-state index in [0.717, 1.165) is 43.2 Å². The molecule has 3 rings (SSSR count). The SMILES string of the molecule is CCc1nnc(NC(=O)N[C@H](C)CCN2CC(Oc3ccc(Cl)cc3)C2)s1. The number of carbonyl (C=O) groups is 1. The predicted octanol–water partition coefficient (Wildman–Crippen LogP) is 3.42. The third-order valence-corrected chi connectivity index (χ3v) is 5.52. The first-order chi connectivity index (χ1) is 13.0. The van der Waals surface area contributed by atoms with Gasteiger partial charge in [0.25, 0.3) is 0 Å². The maximum Gasteiger partial charge on any atom is 0.321 e. The minimum absolute atomic E-state index is 0.0693.